The molecule has 4 aromatic rings. The quantitative estimate of drug-likeness (QED) is 0.247. The van der Waals surface area contributed by atoms with Crippen LogP contribution in [-0.2, 0) is 16.6 Å². The van der Waals surface area contributed by atoms with Crippen LogP contribution in [0, 0.1) is 6.92 Å². The number of nitrogens with zero attached hydrogens (tertiary/aromatic N) is 2. The Morgan fingerprint density at radius 1 is 0.892 bits per heavy atom. The van der Waals surface area contributed by atoms with Crippen molar-refractivity contribution in [3.05, 3.63) is 125 Å². The summed E-state index contributed by atoms with van der Waals surface area (Å²) in [7, 11) is -2.53. The van der Waals surface area contributed by atoms with Crippen LogP contribution < -0.4 is 14.5 Å². The summed E-state index contributed by atoms with van der Waals surface area (Å²) in [4.78, 5) is 13.2. The second-order valence-electron chi connectivity index (χ2n) is 8.30. The van der Waals surface area contributed by atoms with Crippen molar-refractivity contribution in [2.45, 2.75) is 18.4 Å². The third-order valence-corrected chi connectivity index (χ3v) is 7.46. The minimum absolute atomic E-state index is 0.0339. The molecular weight excluding hydrogens is 486 g/mol. The molecule has 0 radical (unpaired) electrons. The van der Waals surface area contributed by atoms with Gasteiger partial charge in [-0.3, -0.25) is 9.10 Å². The van der Waals surface area contributed by atoms with Crippen molar-refractivity contribution in [2.24, 2.45) is 5.10 Å². The van der Waals surface area contributed by atoms with Gasteiger partial charge in [0, 0.05) is 0 Å². The smallest absolute Gasteiger partial charge is 0.273 e. The van der Waals surface area contributed by atoms with Crippen molar-refractivity contribution < 1.29 is 17.9 Å². The molecule has 0 atom stereocenters. The molecule has 1 N–H and O–H groups in total. The van der Waals surface area contributed by atoms with Gasteiger partial charge in [-0.05, 0) is 54.4 Å². The minimum Gasteiger partial charge on any atom is -0.497 e. The predicted molar refractivity (Wildman–Crippen MR) is 145 cm³/mol. The number of para-hydroxylation sites is 1. The van der Waals surface area contributed by atoms with Crippen LogP contribution in [0.15, 0.2) is 113 Å². The summed E-state index contributed by atoms with van der Waals surface area (Å²) in [5, 5.41) is 4.07. The van der Waals surface area contributed by atoms with Gasteiger partial charge in [-0.1, -0.05) is 72.3 Å². The molecule has 0 saturated heterocycles. The van der Waals surface area contributed by atoms with E-state index in [1.807, 2.05) is 61.5 Å². The van der Waals surface area contributed by atoms with E-state index in [0.29, 0.717) is 5.75 Å². The molecule has 37 heavy (non-hydrogen) atoms. The maximum Gasteiger partial charge on any atom is 0.273 e. The molecule has 4 rings (SSSR count). The first kappa shape index (κ1) is 25.7. The maximum atomic E-state index is 13.9. The zero-order chi connectivity index (χ0) is 26.3. The number of aryl methyl sites for hydroxylation is 1. The van der Waals surface area contributed by atoms with Gasteiger partial charge in [0.25, 0.3) is 15.9 Å². The lowest BCUT2D eigenvalue weighted by Crippen LogP contribution is -2.33. The fourth-order valence-corrected chi connectivity index (χ4v) is 5.16. The van der Waals surface area contributed by atoms with Gasteiger partial charge in [0.2, 0.25) is 0 Å². The highest BCUT2D eigenvalue weighted by Gasteiger charge is 2.28. The Labute approximate surface area is 217 Å². The number of methoxy groups -OCH3 is 1. The lowest BCUT2D eigenvalue weighted by molar-refractivity contribution is 0.0955. The van der Waals surface area contributed by atoms with Crippen molar-refractivity contribution in [1.29, 1.82) is 0 Å². The third-order valence-electron chi connectivity index (χ3n) is 5.69. The topological polar surface area (TPSA) is 88.1 Å². The first-order valence-corrected chi connectivity index (χ1v) is 13.0. The molecule has 0 aliphatic carbocycles. The molecule has 8 heteroatoms. The average Bonchev–Trinajstić information content (AvgIpc) is 2.93. The molecule has 0 saturated carbocycles. The second-order valence-corrected chi connectivity index (χ2v) is 10.2. The zero-order valence-electron chi connectivity index (χ0n) is 20.5. The van der Waals surface area contributed by atoms with E-state index in [0.717, 1.165) is 16.7 Å². The molecule has 0 aliphatic heterocycles. The van der Waals surface area contributed by atoms with Gasteiger partial charge in [0.1, 0.15) is 5.75 Å². The Bertz CT molecular complexity index is 1480. The van der Waals surface area contributed by atoms with E-state index in [1.54, 1.807) is 36.4 Å². The number of benzene rings is 4. The molecule has 188 valence electrons. The Kier molecular flexibility index (Phi) is 8.00. The predicted octanol–water partition coefficient (Wildman–Crippen LogP) is 5.16. The van der Waals surface area contributed by atoms with Gasteiger partial charge < -0.3 is 4.74 Å². The standard InChI is InChI=1S/C29H27N3O4S/c1-22-12-14-23(15-13-22)20-30-31-29(33)27-10-6-7-11-28(27)32(21-24-8-4-3-5-9-24)37(34,35)26-18-16-25(36-2)17-19-26/h3-20H,21H2,1-2H3,(H,31,33)/b30-20-. The SMILES string of the molecule is COc1ccc(S(=O)(=O)N(Cc2ccccc2)c2ccccc2C(=O)N/N=C\c2ccc(C)cc2)cc1. The number of nitrogens with one attached hydrogen (secondary N) is 1. The lowest BCUT2D eigenvalue weighted by atomic mass is 10.1. The summed E-state index contributed by atoms with van der Waals surface area (Å²) >= 11 is 0. The largest absolute Gasteiger partial charge is 0.497 e. The molecule has 0 aromatic heterocycles. The van der Waals surface area contributed by atoms with Crippen LogP contribution in [0.4, 0.5) is 5.69 Å². The Hall–Kier alpha value is -4.43. The number of amides is 1. The molecule has 1 amide bonds. The molecule has 0 heterocycles. The van der Waals surface area contributed by atoms with Crippen LogP contribution in [0.25, 0.3) is 0 Å². The summed E-state index contributed by atoms with van der Waals surface area (Å²) in [5.74, 6) is 0.0155. The molecular formula is C29H27N3O4S. The van der Waals surface area contributed by atoms with Crippen molar-refractivity contribution in [3.8, 4) is 5.75 Å². The Balaban J connectivity index is 1.70. The number of hydrazone groups is 1. The molecule has 0 spiro atoms. The summed E-state index contributed by atoms with van der Waals surface area (Å²) < 4.78 is 34.1. The van der Waals surface area contributed by atoms with E-state index < -0.39 is 15.9 Å². The Morgan fingerprint density at radius 3 is 2.22 bits per heavy atom. The first-order valence-electron chi connectivity index (χ1n) is 11.6. The number of rotatable bonds is 9. The fraction of sp³-hybridized carbons (Fsp3) is 0.103. The second kappa shape index (κ2) is 11.5. The van der Waals surface area contributed by atoms with Crippen LogP contribution in [0.1, 0.15) is 27.0 Å². The number of anilines is 1. The number of hydrogen-bond acceptors (Lipinski definition) is 5. The summed E-state index contributed by atoms with van der Waals surface area (Å²) in [5.41, 5.74) is 5.65. The number of hydrogen-bond donors (Lipinski definition) is 1. The lowest BCUT2D eigenvalue weighted by Gasteiger charge is -2.26. The first-order chi connectivity index (χ1) is 17.9. The highest BCUT2D eigenvalue weighted by Crippen LogP contribution is 2.30. The van der Waals surface area contributed by atoms with Crippen molar-refractivity contribution in [2.75, 3.05) is 11.4 Å². The van der Waals surface area contributed by atoms with Crippen LogP contribution in [0.3, 0.4) is 0 Å². The van der Waals surface area contributed by atoms with E-state index in [9.17, 15) is 13.2 Å². The molecule has 0 bridgehead atoms. The average molecular weight is 514 g/mol. The van der Waals surface area contributed by atoms with E-state index in [-0.39, 0.29) is 22.7 Å². The number of ether oxygens (including phenoxy) is 1. The summed E-state index contributed by atoms with van der Waals surface area (Å²) in [6.07, 6.45) is 1.54. The van der Waals surface area contributed by atoms with Crippen LogP contribution in [0.2, 0.25) is 0 Å². The van der Waals surface area contributed by atoms with Crippen molar-refractivity contribution in [3.63, 3.8) is 0 Å². The van der Waals surface area contributed by atoms with Crippen LogP contribution in [0.5, 0.6) is 5.75 Å². The monoisotopic (exact) mass is 513 g/mol. The summed E-state index contributed by atoms with van der Waals surface area (Å²) in [6, 6.07) is 29.6. The van der Waals surface area contributed by atoms with Gasteiger partial charge >= 0.3 is 0 Å². The van der Waals surface area contributed by atoms with Gasteiger partial charge in [0.15, 0.2) is 0 Å². The van der Waals surface area contributed by atoms with E-state index in [2.05, 4.69) is 10.5 Å². The van der Waals surface area contributed by atoms with E-state index in [4.69, 9.17) is 4.74 Å². The van der Waals surface area contributed by atoms with Crippen molar-refractivity contribution in [1.82, 2.24) is 5.43 Å². The third kappa shape index (κ3) is 6.23. The normalized spacial score (nSPS) is 11.3. The van der Waals surface area contributed by atoms with Gasteiger partial charge in [0.05, 0.1) is 36.0 Å². The zero-order valence-corrected chi connectivity index (χ0v) is 21.4. The highest BCUT2D eigenvalue weighted by atomic mass is 32.2. The van der Waals surface area contributed by atoms with Crippen LogP contribution >= 0.6 is 0 Å². The molecule has 7 nitrogen and oxygen atoms in total. The minimum atomic E-state index is -4.04. The number of sulfonamides is 1. The fourth-order valence-electron chi connectivity index (χ4n) is 3.69. The number of carbonyl (C=O) groups is 1. The van der Waals surface area contributed by atoms with E-state index in [1.165, 1.54) is 29.8 Å². The molecule has 0 aliphatic rings. The van der Waals surface area contributed by atoms with Gasteiger partial charge in [-0.2, -0.15) is 5.10 Å². The molecule has 0 fully saturated rings. The van der Waals surface area contributed by atoms with Gasteiger partial charge in [-0.25, -0.2) is 13.8 Å². The molecule has 0 unspecified atom stereocenters. The van der Waals surface area contributed by atoms with E-state index >= 15 is 0 Å². The summed E-state index contributed by atoms with van der Waals surface area (Å²) in [6.45, 7) is 2.02. The van der Waals surface area contributed by atoms with Gasteiger partial charge in [-0.15, -0.1) is 0 Å². The maximum absolute atomic E-state index is 13.9. The van der Waals surface area contributed by atoms with Crippen molar-refractivity contribution >= 4 is 27.8 Å². The number of carbonyl (C=O) groups excluding carboxylic acids is 1. The Morgan fingerprint density at radius 2 is 1.54 bits per heavy atom. The van der Waals surface area contributed by atoms with Crippen LogP contribution in [-0.4, -0.2) is 27.6 Å². The molecule has 4 aromatic carbocycles. The highest BCUT2D eigenvalue weighted by molar-refractivity contribution is 7.92.